The highest BCUT2D eigenvalue weighted by atomic mass is 19.1. The molecule has 0 radical (unpaired) electrons. The van der Waals surface area contributed by atoms with Crippen molar-refractivity contribution >= 4 is 5.82 Å². The van der Waals surface area contributed by atoms with E-state index in [2.05, 4.69) is 22.2 Å². The number of hydrogen-bond donors (Lipinski definition) is 1. The number of aromatic nitrogens is 2. The van der Waals surface area contributed by atoms with Crippen LogP contribution in [0, 0.1) is 19.7 Å². The Morgan fingerprint density at radius 3 is 2.80 bits per heavy atom. The second kappa shape index (κ2) is 6.32. The van der Waals surface area contributed by atoms with Gasteiger partial charge in [-0.15, -0.1) is 0 Å². The van der Waals surface area contributed by atoms with E-state index in [1.807, 2.05) is 6.92 Å². The molecule has 20 heavy (non-hydrogen) atoms. The van der Waals surface area contributed by atoms with Gasteiger partial charge in [0.25, 0.3) is 0 Å². The smallest absolute Gasteiger partial charge is 0.227 e. The first kappa shape index (κ1) is 14.2. The van der Waals surface area contributed by atoms with Crippen LogP contribution in [-0.4, -0.2) is 16.5 Å². The number of hydrogen-bond acceptors (Lipinski definition) is 4. The molecule has 0 fully saturated rings. The Kier molecular flexibility index (Phi) is 4.50. The molecule has 0 aliphatic rings. The summed E-state index contributed by atoms with van der Waals surface area (Å²) in [5.74, 6) is 0.884. The van der Waals surface area contributed by atoms with Crippen molar-refractivity contribution in [2.75, 3.05) is 11.9 Å². The summed E-state index contributed by atoms with van der Waals surface area (Å²) in [4.78, 5) is 8.24. The van der Waals surface area contributed by atoms with Crippen LogP contribution in [0.1, 0.15) is 24.5 Å². The van der Waals surface area contributed by atoms with Gasteiger partial charge < -0.3 is 10.1 Å². The van der Waals surface area contributed by atoms with E-state index in [0.717, 1.165) is 18.5 Å². The largest absolute Gasteiger partial charge is 0.435 e. The maximum absolute atomic E-state index is 13.9. The molecule has 0 saturated carbocycles. The van der Waals surface area contributed by atoms with E-state index in [4.69, 9.17) is 4.74 Å². The lowest BCUT2D eigenvalue weighted by Gasteiger charge is -2.12. The van der Waals surface area contributed by atoms with Crippen LogP contribution < -0.4 is 10.1 Å². The first-order valence-electron chi connectivity index (χ1n) is 6.62. The van der Waals surface area contributed by atoms with E-state index in [1.165, 1.54) is 6.33 Å². The summed E-state index contributed by atoms with van der Waals surface area (Å²) in [7, 11) is 0. The van der Waals surface area contributed by atoms with Gasteiger partial charge in [-0.25, -0.2) is 14.4 Å². The molecule has 4 nitrogen and oxygen atoms in total. The van der Waals surface area contributed by atoms with Crippen LogP contribution in [-0.2, 0) is 0 Å². The van der Waals surface area contributed by atoms with Gasteiger partial charge in [0.05, 0.1) is 5.56 Å². The number of anilines is 1. The summed E-state index contributed by atoms with van der Waals surface area (Å²) in [5.41, 5.74) is 1.31. The standard InChI is InChI=1S/C15H18FN3O/c1-4-8-17-14-11(3)15(19-9-18-14)20-12-7-5-6-10(2)13(12)16/h5-7,9H,4,8H2,1-3H3,(H,17,18,19). The van der Waals surface area contributed by atoms with Crippen LogP contribution in [0.5, 0.6) is 11.6 Å². The second-order valence-corrected chi connectivity index (χ2v) is 4.57. The molecule has 0 atom stereocenters. The topological polar surface area (TPSA) is 47.0 Å². The molecule has 1 aromatic heterocycles. The van der Waals surface area contributed by atoms with E-state index >= 15 is 0 Å². The molecular weight excluding hydrogens is 257 g/mol. The number of nitrogens with zero attached hydrogens (tertiary/aromatic N) is 2. The van der Waals surface area contributed by atoms with E-state index in [0.29, 0.717) is 17.3 Å². The van der Waals surface area contributed by atoms with Crippen molar-refractivity contribution in [3.05, 3.63) is 41.5 Å². The maximum Gasteiger partial charge on any atom is 0.227 e. The van der Waals surface area contributed by atoms with Gasteiger partial charge in [-0.1, -0.05) is 19.1 Å². The molecule has 1 aromatic carbocycles. The SMILES string of the molecule is CCCNc1ncnc(Oc2cccc(C)c2F)c1C. The fourth-order valence-electron chi connectivity index (χ4n) is 1.76. The summed E-state index contributed by atoms with van der Waals surface area (Å²) in [6.07, 6.45) is 2.40. The van der Waals surface area contributed by atoms with Gasteiger partial charge in [0.2, 0.25) is 5.88 Å². The van der Waals surface area contributed by atoms with Gasteiger partial charge in [0, 0.05) is 6.54 Å². The van der Waals surface area contributed by atoms with E-state index in [1.54, 1.807) is 25.1 Å². The average molecular weight is 275 g/mol. The highest BCUT2D eigenvalue weighted by Gasteiger charge is 2.12. The molecule has 5 heteroatoms. The first-order valence-corrected chi connectivity index (χ1v) is 6.62. The molecule has 0 bridgehead atoms. The Bertz CT molecular complexity index is 602. The maximum atomic E-state index is 13.9. The van der Waals surface area contributed by atoms with Crippen molar-refractivity contribution in [3.8, 4) is 11.6 Å². The number of ether oxygens (including phenoxy) is 1. The fraction of sp³-hybridized carbons (Fsp3) is 0.333. The van der Waals surface area contributed by atoms with Crippen molar-refractivity contribution in [2.45, 2.75) is 27.2 Å². The van der Waals surface area contributed by atoms with Crippen molar-refractivity contribution in [2.24, 2.45) is 0 Å². The molecular formula is C15H18FN3O. The third-order valence-electron chi connectivity index (χ3n) is 2.94. The Morgan fingerprint density at radius 2 is 2.05 bits per heavy atom. The van der Waals surface area contributed by atoms with Gasteiger partial charge in [0.1, 0.15) is 12.1 Å². The Labute approximate surface area is 118 Å². The van der Waals surface area contributed by atoms with E-state index < -0.39 is 0 Å². The second-order valence-electron chi connectivity index (χ2n) is 4.57. The van der Waals surface area contributed by atoms with Crippen LogP contribution in [0.3, 0.4) is 0 Å². The first-order chi connectivity index (χ1) is 9.63. The number of benzene rings is 1. The summed E-state index contributed by atoms with van der Waals surface area (Å²) >= 11 is 0. The van der Waals surface area contributed by atoms with Gasteiger partial charge in [0.15, 0.2) is 11.6 Å². The molecule has 0 amide bonds. The fourth-order valence-corrected chi connectivity index (χ4v) is 1.76. The monoisotopic (exact) mass is 275 g/mol. The van der Waals surface area contributed by atoms with Gasteiger partial charge >= 0.3 is 0 Å². The van der Waals surface area contributed by atoms with Crippen molar-refractivity contribution in [1.82, 2.24) is 9.97 Å². The Morgan fingerprint density at radius 1 is 1.25 bits per heavy atom. The number of halogens is 1. The lowest BCUT2D eigenvalue weighted by atomic mass is 10.2. The number of nitrogens with one attached hydrogen (secondary N) is 1. The summed E-state index contributed by atoms with van der Waals surface area (Å²) in [6.45, 7) is 6.43. The zero-order valence-corrected chi connectivity index (χ0v) is 11.9. The highest BCUT2D eigenvalue weighted by molar-refractivity contribution is 5.48. The minimum atomic E-state index is -0.367. The zero-order chi connectivity index (χ0) is 14.5. The minimum Gasteiger partial charge on any atom is -0.435 e. The molecule has 0 unspecified atom stereocenters. The van der Waals surface area contributed by atoms with Gasteiger partial charge in [-0.3, -0.25) is 0 Å². The van der Waals surface area contributed by atoms with Gasteiger partial charge in [-0.2, -0.15) is 0 Å². The van der Waals surface area contributed by atoms with Crippen molar-refractivity contribution < 1.29 is 9.13 Å². The van der Waals surface area contributed by atoms with E-state index in [-0.39, 0.29) is 11.6 Å². The van der Waals surface area contributed by atoms with Crippen LogP contribution in [0.4, 0.5) is 10.2 Å². The third-order valence-corrected chi connectivity index (χ3v) is 2.94. The summed E-state index contributed by atoms with van der Waals surface area (Å²) in [6, 6.07) is 5.03. The Balaban J connectivity index is 2.27. The molecule has 2 rings (SSSR count). The predicted molar refractivity (Wildman–Crippen MR) is 76.8 cm³/mol. The summed E-state index contributed by atoms with van der Waals surface area (Å²) in [5, 5.41) is 3.19. The molecule has 1 N–H and O–H groups in total. The average Bonchev–Trinajstić information content (AvgIpc) is 2.44. The minimum absolute atomic E-state index is 0.174. The predicted octanol–water partition coefficient (Wildman–Crippen LogP) is 3.85. The number of aryl methyl sites for hydroxylation is 1. The zero-order valence-electron chi connectivity index (χ0n) is 11.9. The molecule has 0 saturated heterocycles. The quantitative estimate of drug-likeness (QED) is 0.900. The number of rotatable bonds is 5. The Hall–Kier alpha value is -2.17. The van der Waals surface area contributed by atoms with Crippen LogP contribution in [0.2, 0.25) is 0 Å². The van der Waals surface area contributed by atoms with E-state index in [9.17, 15) is 4.39 Å². The van der Waals surface area contributed by atoms with Crippen LogP contribution in [0.15, 0.2) is 24.5 Å². The lowest BCUT2D eigenvalue weighted by molar-refractivity contribution is 0.422. The summed E-state index contributed by atoms with van der Waals surface area (Å²) < 4.78 is 19.5. The van der Waals surface area contributed by atoms with Gasteiger partial charge in [-0.05, 0) is 31.9 Å². The van der Waals surface area contributed by atoms with Crippen molar-refractivity contribution in [3.63, 3.8) is 0 Å². The third kappa shape index (κ3) is 3.04. The van der Waals surface area contributed by atoms with Crippen molar-refractivity contribution in [1.29, 1.82) is 0 Å². The highest BCUT2D eigenvalue weighted by Crippen LogP contribution is 2.28. The normalized spacial score (nSPS) is 10.4. The molecule has 0 aliphatic carbocycles. The van der Waals surface area contributed by atoms with Crippen LogP contribution >= 0.6 is 0 Å². The molecule has 1 heterocycles. The lowest BCUT2D eigenvalue weighted by Crippen LogP contribution is -2.05. The molecule has 2 aromatic rings. The molecule has 0 spiro atoms. The molecule has 106 valence electrons. The van der Waals surface area contributed by atoms with Crippen LogP contribution in [0.25, 0.3) is 0 Å². The molecule has 0 aliphatic heterocycles.